The number of carbonyl (C=O) groups is 3. The number of nitrogen functional groups attached to an aromatic ring is 1. The van der Waals surface area contributed by atoms with E-state index in [9.17, 15) is 19.2 Å². The van der Waals surface area contributed by atoms with Gasteiger partial charge in [0.05, 0.1) is 34.2 Å². The molecule has 238 valence electrons. The number of H-pyrrole nitrogens is 1. The van der Waals surface area contributed by atoms with Crippen molar-refractivity contribution < 1.29 is 19.1 Å². The molecule has 46 heavy (non-hydrogen) atoms. The van der Waals surface area contributed by atoms with Crippen molar-refractivity contribution >= 4 is 78.1 Å². The summed E-state index contributed by atoms with van der Waals surface area (Å²) in [6.07, 6.45) is 8.84. The normalized spacial score (nSPS) is 13.2. The summed E-state index contributed by atoms with van der Waals surface area (Å²) in [5.41, 5.74) is 8.64. The number of rotatable bonds is 6. The van der Waals surface area contributed by atoms with E-state index in [2.05, 4.69) is 14.8 Å². The minimum absolute atomic E-state index is 0.00109. The average Bonchev–Trinajstić information content (AvgIpc) is 3.87. The molecular weight excluding hydrogens is 661 g/mol. The number of nitrogens with two attached hydrogens (primary N) is 1. The minimum atomic E-state index is -0.290. The predicted molar refractivity (Wildman–Crippen MR) is 186 cm³/mol. The van der Waals surface area contributed by atoms with Crippen molar-refractivity contribution in [3.8, 4) is 0 Å². The van der Waals surface area contributed by atoms with Crippen LogP contribution in [0, 0.1) is 6.57 Å². The van der Waals surface area contributed by atoms with Crippen LogP contribution in [-0.2, 0) is 36.8 Å². The van der Waals surface area contributed by atoms with E-state index in [1.165, 1.54) is 69.3 Å². The number of esters is 1. The molecule has 0 aliphatic heterocycles. The number of carbonyl (C=O) groups excluding carboxylic acids is 3. The van der Waals surface area contributed by atoms with E-state index in [1.807, 2.05) is 22.9 Å². The Morgan fingerprint density at radius 3 is 2.15 bits per heavy atom. The van der Waals surface area contributed by atoms with Crippen LogP contribution in [0.5, 0.6) is 0 Å². The van der Waals surface area contributed by atoms with Crippen molar-refractivity contribution in [1.82, 2.24) is 9.97 Å². The number of aromatic nitrogens is 2. The highest BCUT2D eigenvalue weighted by atomic mass is 32.1. The number of aryl methyl sites for hydroxylation is 3. The number of ether oxygens (including phenoxy) is 1. The largest absolute Gasteiger partial charge is 0.465 e. The maximum Gasteiger partial charge on any atom is 0.341 e. The van der Waals surface area contributed by atoms with E-state index >= 15 is 0 Å². The molecule has 0 radical (unpaired) electrons. The highest BCUT2D eigenvalue weighted by Crippen LogP contribution is 2.36. The van der Waals surface area contributed by atoms with E-state index in [4.69, 9.17) is 17.0 Å². The van der Waals surface area contributed by atoms with E-state index in [-0.39, 0.29) is 36.1 Å². The molecule has 0 bridgehead atoms. The van der Waals surface area contributed by atoms with Crippen molar-refractivity contribution in [1.29, 1.82) is 0 Å². The second-order valence-corrected chi connectivity index (χ2v) is 14.8. The van der Waals surface area contributed by atoms with Gasteiger partial charge in [0, 0.05) is 9.75 Å². The number of hydrogen-bond acceptors (Lipinski definition) is 11. The van der Waals surface area contributed by atoms with Crippen molar-refractivity contribution in [3.05, 3.63) is 98.8 Å². The molecule has 0 saturated heterocycles. The number of fused-ring (bicyclic) bond motifs is 4. The number of aromatic amines is 1. The molecule has 0 fully saturated rings. The third kappa shape index (κ3) is 7.70. The highest BCUT2D eigenvalue weighted by Gasteiger charge is 2.24. The molecule has 7 rings (SSSR count). The Morgan fingerprint density at radius 1 is 0.935 bits per heavy atom. The molecule has 13 heteroatoms. The van der Waals surface area contributed by atoms with E-state index in [0.717, 1.165) is 54.3 Å². The number of Topliss-reactive ketones (excluding diaryl/α,β-unsaturated/α-hetero) is 2. The fourth-order valence-electron chi connectivity index (χ4n) is 5.47. The van der Waals surface area contributed by atoms with Crippen LogP contribution in [0.3, 0.4) is 0 Å². The SMILES string of the molecule is COC(=O)c1c(N)sc2c1CCCC2.O=C(Cc1nc2sc3c(c2c(=O)[nH]1)CCCC3)c1cccs1.[C-]#[N+]CC(=O)c1cccs1. The number of hydrogen-bond donors (Lipinski definition) is 2. The van der Waals surface area contributed by atoms with Gasteiger partial charge >= 0.3 is 5.97 Å². The maximum atomic E-state index is 12.4. The van der Waals surface area contributed by atoms with Gasteiger partial charge in [0.2, 0.25) is 0 Å². The van der Waals surface area contributed by atoms with Crippen LogP contribution in [0.4, 0.5) is 5.00 Å². The Balaban J connectivity index is 0.000000149. The van der Waals surface area contributed by atoms with Crippen LogP contribution < -0.4 is 11.3 Å². The molecule has 0 spiro atoms. The number of nitrogens with zero attached hydrogens (tertiary/aromatic N) is 2. The summed E-state index contributed by atoms with van der Waals surface area (Å²) in [6, 6.07) is 7.19. The number of thiophene rings is 4. The van der Waals surface area contributed by atoms with E-state index < -0.39 is 0 Å². The second-order valence-electron chi connectivity index (χ2n) is 10.6. The first-order valence-electron chi connectivity index (χ1n) is 14.8. The van der Waals surface area contributed by atoms with Crippen LogP contribution in [0.15, 0.2) is 39.8 Å². The lowest BCUT2D eigenvalue weighted by atomic mass is 9.95. The molecule has 0 aromatic carbocycles. The average molecular weight is 693 g/mol. The molecule has 9 nitrogen and oxygen atoms in total. The lowest BCUT2D eigenvalue weighted by molar-refractivity contribution is 0.0600. The third-order valence-electron chi connectivity index (χ3n) is 7.60. The molecule has 0 unspecified atom stereocenters. The van der Waals surface area contributed by atoms with Crippen molar-refractivity contribution in [3.63, 3.8) is 0 Å². The van der Waals surface area contributed by atoms with Crippen LogP contribution in [-0.4, -0.2) is 41.2 Å². The third-order valence-corrected chi connectivity index (χ3v) is 11.7. The van der Waals surface area contributed by atoms with Gasteiger partial charge in [-0.25, -0.2) is 16.4 Å². The summed E-state index contributed by atoms with van der Waals surface area (Å²) in [7, 11) is 1.40. The Labute approximate surface area is 281 Å². The van der Waals surface area contributed by atoms with Gasteiger partial charge in [-0.05, 0) is 85.4 Å². The van der Waals surface area contributed by atoms with Crippen LogP contribution in [0.1, 0.15) is 82.1 Å². The summed E-state index contributed by atoms with van der Waals surface area (Å²) in [5.74, 6) is 0.0974. The second kappa shape index (κ2) is 15.6. The van der Waals surface area contributed by atoms with Crippen molar-refractivity contribution in [2.45, 2.75) is 57.8 Å². The number of anilines is 1. The number of nitrogens with one attached hydrogen (secondary N) is 1. The molecule has 5 heterocycles. The van der Waals surface area contributed by atoms with Crippen molar-refractivity contribution in [2.24, 2.45) is 0 Å². The Morgan fingerprint density at radius 2 is 1.54 bits per heavy atom. The Bertz CT molecular complexity index is 1950. The quantitative estimate of drug-likeness (QED) is 0.109. The molecule has 0 amide bonds. The molecule has 2 aliphatic rings. The van der Waals surface area contributed by atoms with Gasteiger partial charge < -0.3 is 20.3 Å². The summed E-state index contributed by atoms with van der Waals surface area (Å²) >= 11 is 5.94. The maximum absolute atomic E-state index is 12.4. The fraction of sp³-hybridized carbons (Fsp3) is 0.333. The van der Waals surface area contributed by atoms with Gasteiger partial charge in [0.1, 0.15) is 15.7 Å². The minimum Gasteiger partial charge on any atom is -0.465 e. The molecule has 0 saturated carbocycles. The van der Waals surface area contributed by atoms with Crippen molar-refractivity contribution in [2.75, 3.05) is 19.4 Å². The van der Waals surface area contributed by atoms with Gasteiger partial charge in [-0.1, -0.05) is 12.1 Å². The zero-order valence-electron chi connectivity index (χ0n) is 25.2. The molecule has 0 atom stereocenters. The smallest absolute Gasteiger partial charge is 0.341 e. The number of methoxy groups -OCH3 is 1. The molecule has 3 N–H and O–H groups in total. The van der Waals surface area contributed by atoms with Gasteiger partial charge in [0.15, 0.2) is 5.78 Å². The van der Waals surface area contributed by atoms with Gasteiger partial charge in [0.25, 0.3) is 17.9 Å². The first-order chi connectivity index (χ1) is 22.3. The lowest BCUT2D eigenvalue weighted by Gasteiger charge is -2.11. The molecule has 2 aliphatic carbocycles. The lowest BCUT2D eigenvalue weighted by Crippen LogP contribution is -2.15. The number of ketones is 2. The summed E-state index contributed by atoms with van der Waals surface area (Å²) in [5, 5.41) is 5.06. The van der Waals surface area contributed by atoms with Crippen LogP contribution in [0.25, 0.3) is 15.1 Å². The monoisotopic (exact) mass is 692 g/mol. The highest BCUT2D eigenvalue weighted by molar-refractivity contribution is 7.18. The first-order valence-corrected chi connectivity index (χ1v) is 18.2. The standard InChI is InChI=1S/C16H14N2O2S2.C10H13NO2S.C7H5NOS/c19-10(12-6-3-7-21-12)8-13-17-15(20)14-9-4-1-2-5-11(9)22-16(14)18-13;1-13-10(12)8-6-4-2-3-5-7(6)14-9(8)11;1-8-5-6(9)7-3-2-4-10-7/h3,6-7H,1-2,4-5,8H2,(H,17,18,20);2-5,11H2,1H3;2-4H,5H2. The summed E-state index contributed by atoms with van der Waals surface area (Å²) in [4.78, 5) is 62.0. The topological polar surface area (TPSA) is 137 Å². The summed E-state index contributed by atoms with van der Waals surface area (Å²) < 4.78 is 4.73. The van der Waals surface area contributed by atoms with Gasteiger partial charge in [-0.3, -0.25) is 14.4 Å². The fourth-order valence-corrected chi connectivity index (χ4v) is 9.22. The molecule has 5 aromatic heterocycles. The predicted octanol–water partition coefficient (Wildman–Crippen LogP) is 7.20. The zero-order valence-corrected chi connectivity index (χ0v) is 28.4. The van der Waals surface area contributed by atoms with Gasteiger partial charge in [-0.2, -0.15) is 0 Å². The summed E-state index contributed by atoms with van der Waals surface area (Å²) in [6.45, 7) is 6.42. The van der Waals surface area contributed by atoms with Gasteiger partial charge in [-0.15, -0.1) is 45.3 Å². The Kier molecular flexibility index (Phi) is 11.3. The van der Waals surface area contributed by atoms with Crippen LogP contribution in [0.2, 0.25) is 0 Å². The molecule has 5 aromatic rings. The Hall–Kier alpha value is -3.96. The zero-order chi connectivity index (χ0) is 32.6. The van der Waals surface area contributed by atoms with E-state index in [1.54, 1.807) is 23.5 Å². The van der Waals surface area contributed by atoms with Crippen LogP contribution >= 0.6 is 45.3 Å². The first kappa shape index (κ1) is 33.4. The molecular formula is C33H32N4O5S4. The van der Waals surface area contributed by atoms with E-state index in [0.29, 0.717) is 26.1 Å².